The van der Waals surface area contributed by atoms with Crippen molar-refractivity contribution in [3.8, 4) is 0 Å². The maximum Gasteiger partial charge on any atom is 0.469 e. The Balaban J connectivity index is 2.23. The van der Waals surface area contributed by atoms with Gasteiger partial charge in [0.2, 0.25) is 0 Å². The Kier molecular flexibility index (Phi) is 4.03. The molecule has 8 heteroatoms. The zero-order valence-corrected chi connectivity index (χ0v) is 8.21. The minimum atomic E-state index is -4.46. The third-order valence-electron chi connectivity index (χ3n) is 1.92. The lowest BCUT2D eigenvalue weighted by molar-refractivity contribution is 0.0115. The van der Waals surface area contributed by atoms with E-state index in [2.05, 4.69) is 4.52 Å². The van der Waals surface area contributed by atoms with Gasteiger partial charge >= 0.3 is 7.82 Å². The van der Waals surface area contributed by atoms with E-state index in [-0.39, 0.29) is 19.6 Å². The monoisotopic (exact) mass is 228 g/mol. The fourth-order valence-electron chi connectivity index (χ4n) is 1.21. The number of phosphoric ester groups is 1. The van der Waals surface area contributed by atoms with Crippen LogP contribution in [0.1, 0.15) is 6.42 Å². The van der Waals surface area contributed by atoms with Gasteiger partial charge in [-0.25, -0.2) is 4.57 Å². The highest BCUT2D eigenvalue weighted by molar-refractivity contribution is 7.46. The van der Waals surface area contributed by atoms with Crippen LogP contribution in [0.4, 0.5) is 0 Å². The van der Waals surface area contributed by atoms with Crippen LogP contribution in [0.3, 0.4) is 0 Å². The third kappa shape index (κ3) is 3.62. The SMILES string of the molecule is O=P(O)(O)OCC[C@H]1OC[C@H](O)C1O. The number of hydrogen-bond donors (Lipinski definition) is 4. The van der Waals surface area contributed by atoms with Gasteiger partial charge in [0.25, 0.3) is 0 Å². The first-order chi connectivity index (χ1) is 6.40. The highest BCUT2D eigenvalue weighted by Gasteiger charge is 2.34. The molecule has 1 fully saturated rings. The predicted molar refractivity (Wildman–Crippen MR) is 44.4 cm³/mol. The highest BCUT2D eigenvalue weighted by Crippen LogP contribution is 2.36. The van der Waals surface area contributed by atoms with Crippen molar-refractivity contribution in [2.45, 2.75) is 24.7 Å². The van der Waals surface area contributed by atoms with Crippen LogP contribution < -0.4 is 0 Å². The van der Waals surface area contributed by atoms with Crippen molar-refractivity contribution >= 4 is 7.82 Å². The van der Waals surface area contributed by atoms with Gasteiger partial charge in [0.1, 0.15) is 12.2 Å². The third-order valence-corrected chi connectivity index (χ3v) is 2.44. The molecule has 1 aliphatic heterocycles. The molecule has 0 radical (unpaired) electrons. The Morgan fingerprint density at radius 2 is 2.07 bits per heavy atom. The van der Waals surface area contributed by atoms with Gasteiger partial charge in [-0.05, 0) is 0 Å². The molecule has 0 aromatic heterocycles. The summed E-state index contributed by atoms with van der Waals surface area (Å²) in [5.74, 6) is 0. The molecular weight excluding hydrogens is 215 g/mol. The summed E-state index contributed by atoms with van der Waals surface area (Å²) >= 11 is 0. The quantitative estimate of drug-likeness (QED) is 0.437. The molecule has 0 aromatic carbocycles. The minimum absolute atomic E-state index is 0.0295. The van der Waals surface area contributed by atoms with Crippen LogP contribution in [0.25, 0.3) is 0 Å². The van der Waals surface area contributed by atoms with Crippen molar-refractivity contribution in [2.75, 3.05) is 13.2 Å². The van der Waals surface area contributed by atoms with Crippen molar-refractivity contribution < 1.29 is 33.8 Å². The largest absolute Gasteiger partial charge is 0.469 e. The van der Waals surface area contributed by atoms with E-state index in [0.29, 0.717) is 0 Å². The molecule has 7 nitrogen and oxygen atoms in total. The molecule has 1 heterocycles. The molecule has 84 valence electrons. The van der Waals surface area contributed by atoms with Gasteiger partial charge in [-0.1, -0.05) is 0 Å². The smallest absolute Gasteiger partial charge is 0.388 e. The highest BCUT2D eigenvalue weighted by atomic mass is 31.2. The molecular formula is C6H13O7P. The Morgan fingerprint density at radius 1 is 1.43 bits per heavy atom. The van der Waals surface area contributed by atoms with Crippen molar-refractivity contribution in [3.63, 3.8) is 0 Å². The predicted octanol–water partition coefficient (Wildman–Crippen LogP) is -1.39. The fourth-order valence-corrected chi connectivity index (χ4v) is 1.55. The van der Waals surface area contributed by atoms with Gasteiger partial charge < -0.3 is 24.7 Å². The summed E-state index contributed by atoms with van der Waals surface area (Å²) in [6, 6.07) is 0. The lowest BCUT2D eigenvalue weighted by Gasteiger charge is -2.14. The van der Waals surface area contributed by atoms with Gasteiger partial charge in [0, 0.05) is 6.42 Å². The van der Waals surface area contributed by atoms with Crippen molar-refractivity contribution in [3.05, 3.63) is 0 Å². The van der Waals surface area contributed by atoms with E-state index in [4.69, 9.17) is 19.6 Å². The number of hydrogen-bond acceptors (Lipinski definition) is 5. The van der Waals surface area contributed by atoms with Gasteiger partial charge in [-0.15, -0.1) is 0 Å². The normalized spacial score (nSPS) is 33.6. The number of aliphatic hydroxyl groups excluding tert-OH is 2. The summed E-state index contributed by atoms with van der Waals surface area (Å²) in [4.78, 5) is 16.7. The lowest BCUT2D eigenvalue weighted by Crippen LogP contribution is -2.30. The van der Waals surface area contributed by atoms with Crippen LogP contribution >= 0.6 is 7.82 Å². The van der Waals surface area contributed by atoms with Crippen LogP contribution in [-0.2, 0) is 13.8 Å². The molecule has 1 unspecified atom stereocenters. The van der Waals surface area contributed by atoms with Crippen molar-refractivity contribution in [2.24, 2.45) is 0 Å². The lowest BCUT2D eigenvalue weighted by atomic mass is 10.1. The van der Waals surface area contributed by atoms with Crippen molar-refractivity contribution in [1.29, 1.82) is 0 Å². The first-order valence-corrected chi connectivity index (χ1v) is 5.61. The summed E-state index contributed by atoms with van der Waals surface area (Å²) in [7, 11) is -4.46. The topological polar surface area (TPSA) is 116 Å². The maximum absolute atomic E-state index is 10.3. The van der Waals surface area contributed by atoms with Gasteiger partial charge in [-0.2, -0.15) is 0 Å². The molecule has 1 rings (SSSR count). The second kappa shape index (κ2) is 4.67. The summed E-state index contributed by atoms with van der Waals surface area (Å²) in [6.45, 7) is -0.194. The van der Waals surface area contributed by atoms with Crippen LogP contribution in [0.2, 0.25) is 0 Å². The molecule has 0 bridgehead atoms. The van der Waals surface area contributed by atoms with Gasteiger partial charge in [0.05, 0.1) is 19.3 Å². The summed E-state index contributed by atoms with van der Waals surface area (Å²) in [5.41, 5.74) is 0. The molecule has 0 spiro atoms. The zero-order chi connectivity index (χ0) is 10.8. The van der Waals surface area contributed by atoms with E-state index in [1.54, 1.807) is 0 Å². The maximum atomic E-state index is 10.3. The first kappa shape index (κ1) is 12.1. The Morgan fingerprint density at radius 3 is 2.50 bits per heavy atom. The van der Waals surface area contributed by atoms with E-state index in [1.807, 2.05) is 0 Å². The molecule has 4 N–H and O–H groups in total. The average molecular weight is 228 g/mol. The molecule has 0 saturated carbocycles. The van der Waals surface area contributed by atoms with E-state index in [9.17, 15) is 9.67 Å². The molecule has 0 aliphatic carbocycles. The standard InChI is InChI=1S/C6H13O7P/c7-4-3-12-5(6(4)8)1-2-13-14(9,10)11/h4-8H,1-3H2,(H2,9,10,11)/t4-,5+,6?/m0/s1. The molecule has 3 atom stereocenters. The molecule has 1 aliphatic rings. The number of ether oxygens (including phenoxy) is 1. The van der Waals surface area contributed by atoms with Crippen LogP contribution in [0, 0.1) is 0 Å². The zero-order valence-electron chi connectivity index (χ0n) is 7.31. The number of phosphoric acid groups is 1. The minimum Gasteiger partial charge on any atom is -0.388 e. The van der Waals surface area contributed by atoms with Crippen LogP contribution in [0.5, 0.6) is 0 Å². The van der Waals surface area contributed by atoms with E-state index in [1.165, 1.54) is 0 Å². The molecule has 14 heavy (non-hydrogen) atoms. The fraction of sp³-hybridized carbons (Fsp3) is 1.00. The Bertz CT molecular complexity index is 226. The molecule has 1 saturated heterocycles. The Hall–Kier alpha value is -0.0100. The van der Waals surface area contributed by atoms with Crippen molar-refractivity contribution in [1.82, 2.24) is 0 Å². The second-order valence-corrected chi connectivity index (χ2v) is 4.28. The van der Waals surface area contributed by atoms with Crippen LogP contribution in [-0.4, -0.2) is 51.5 Å². The second-order valence-electron chi connectivity index (χ2n) is 3.04. The van der Waals surface area contributed by atoms with Gasteiger partial charge in [0.15, 0.2) is 0 Å². The van der Waals surface area contributed by atoms with E-state index in [0.717, 1.165) is 0 Å². The average Bonchev–Trinajstić information content (AvgIpc) is 2.33. The number of rotatable bonds is 4. The van der Waals surface area contributed by atoms with Crippen LogP contribution in [0.15, 0.2) is 0 Å². The van der Waals surface area contributed by atoms with Gasteiger partial charge in [-0.3, -0.25) is 4.52 Å². The number of aliphatic hydroxyl groups is 2. The summed E-state index contributed by atoms with van der Waals surface area (Å²) in [6.07, 6.45) is -2.45. The van der Waals surface area contributed by atoms with E-state index >= 15 is 0 Å². The van der Waals surface area contributed by atoms with E-state index < -0.39 is 26.1 Å². The summed E-state index contributed by atoms with van der Waals surface area (Å²) in [5, 5.41) is 18.3. The summed E-state index contributed by atoms with van der Waals surface area (Å²) < 4.78 is 19.4. The molecule has 0 aromatic rings. The molecule has 0 amide bonds. The first-order valence-electron chi connectivity index (χ1n) is 4.08. The Labute approximate surface area is 80.5 Å².